The van der Waals surface area contributed by atoms with Crippen molar-refractivity contribution in [2.24, 2.45) is 0 Å². The first-order valence-electron chi connectivity index (χ1n) is 14.5. The molecule has 2 unspecified atom stereocenters. The van der Waals surface area contributed by atoms with Crippen LogP contribution in [0.15, 0.2) is 83.3 Å². The lowest BCUT2D eigenvalue weighted by atomic mass is 10.0. The van der Waals surface area contributed by atoms with Crippen LogP contribution in [0.2, 0.25) is 0 Å². The number of hydrogen-bond donors (Lipinski definition) is 1. The molecule has 1 N–H and O–H groups in total. The summed E-state index contributed by atoms with van der Waals surface area (Å²) >= 11 is 3.46. The van der Waals surface area contributed by atoms with Crippen LogP contribution in [0, 0.1) is 0 Å². The van der Waals surface area contributed by atoms with Crippen LogP contribution in [0.1, 0.15) is 56.7 Å². The highest BCUT2D eigenvalue weighted by molar-refractivity contribution is 9.10. The Bertz CT molecular complexity index is 1400. The lowest BCUT2D eigenvalue weighted by Crippen LogP contribution is -2.52. The van der Waals surface area contributed by atoms with E-state index in [4.69, 9.17) is 0 Å². The Balaban J connectivity index is 1.87. The molecular formula is C33H42BrN3O4S. The Morgan fingerprint density at radius 1 is 0.881 bits per heavy atom. The van der Waals surface area contributed by atoms with Crippen molar-refractivity contribution < 1.29 is 18.0 Å². The molecule has 3 aromatic carbocycles. The van der Waals surface area contributed by atoms with Crippen LogP contribution >= 0.6 is 15.9 Å². The summed E-state index contributed by atoms with van der Waals surface area (Å²) in [5.41, 5.74) is 3.54. The Morgan fingerprint density at radius 2 is 1.50 bits per heavy atom. The van der Waals surface area contributed by atoms with Crippen LogP contribution in [-0.4, -0.2) is 50.0 Å². The van der Waals surface area contributed by atoms with E-state index in [9.17, 15) is 18.0 Å². The summed E-state index contributed by atoms with van der Waals surface area (Å²) in [7, 11) is -3.56. The molecule has 0 saturated carbocycles. The van der Waals surface area contributed by atoms with E-state index >= 15 is 0 Å². The normalized spacial score (nSPS) is 12.8. The molecule has 0 saturated heterocycles. The molecular weight excluding hydrogens is 614 g/mol. The van der Waals surface area contributed by atoms with E-state index in [1.54, 1.807) is 17.0 Å². The van der Waals surface area contributed by atoms with Crippen molar-refractivity contribution in [2.75, 3.05) is 17.1 Å². The molecule has 226 valence electrons. The molecule has 0 spiro atoms. The zero-order chi connectivity index (χ0) is 30.7. The van der Waals surface area contributed by atoms with Gasteiger partial charge in [-0.2, -0.15) is 0 Å². The lowest BCUT2D eigenvalue weighted by Gasteiger charge is -2.32. The zero-order valence-corrected chi connectivity index (χ0v) is 27.3. The highest BCUT2D eigenvalue weighted by atomic mass is 79.9. The number of anilines is 1. The molecule has 0 fully saturated rings. The van der Waals surface area contributed by atoms with Crippen LogP contribution in [-0.2, 0) is 39.0 Å². The lowest BCUT2D eigenvalue weighted by molar-refractivity contribution is -0.141. The molecule has 0 aliphatic carbocycles. The molecule has 0 aromatic heterocycles. The van der Waals surface area contributed by atoms with Gasteiger partial charge in [-0.15, -0.1) is 0 Å². The van der Waals surface area contributed by atoms with Gasteiger partial charge in [0.05, 0.1) is 11.9 Å². The van der Waals surface area contributed by atoms with E-state index in [0.29, 0.717) is 18.5 Å². The monoisotopic (exact) mass is 655 g/mol. The summed E-state index contributed by atoms with van der Waals surface area (Å²) in [4.78, 5) is 29.2. The highest BCUT2D eigenvalue weighted by Gasteiger charge is 2.31. The zero-order valence-electron chi connectivity index (χ0n) is 24.9. The maximum Gasteiger partial charge on any atom is 0.243 e. The van der Waals surface area contributed by atoms with Crippen molar-refractivity contribution >= 4 is 43.5 Å². The van der Waals surface area contributed by atoms with E-state index < -0.39 is 16.1 Å². The SMILES string of the molecule is CCc1ccc(N(CCCC(=O)N(Cc2ccc(Br)cc2)C(Cc2ccccc2)C(=O)NC(C)CC)S(C)(=O)=O)cc1. The predicted molar refractivity (Wildman–Crippen MR) is 174 cm³/mol. The average Bonchev–Trinajstić information content (AvgIpc) is 2.97. The Labute approximate surface area is 259 Å². The van der Waals surface area contributed by atoms with Gasteiger partial charge in [0.1, 0.15) is 6.04 Å². The number of hydrogen-bond acceptors (Lipinski definition) is 4. The van der Waals surface area contributed by atoms with E-state index in [0.717, 1.165) is 34.0 Å². The fourth-order valence-corrected chi connectivity index (χ4v) is 5.91. The highest BCUT2D eigenvalue weighted by Crippen LogP contribution is 2.22. The van der Waals surface area contributed by atoms with Crippen molar-refractivity contribution in [2.45, 2.75) is 71.5 Å². The number of sulfonamides is 1. The minimum Gasteiger partial charge on any atom is -0.352 e. The van der Waals surface area contributed by atoms with Gasteiger partial charge < -0.3 is 10.2 Å². The third-order valence-electron chi connectivity index (χ3n) is 7.32. The second kappa shape index (κ2) is 15.9. The third-order valence-corrected chi connectivity index (χ3v) is 9.05. The fraction of sp³-hybridized carbons (Fsp3) is 0.394. The van der Waals surface area contributed by atoms with Gasteiger partial charge in [-0.3, -0.25) is 13.9 Å². The number of amides is 2. The standard InChI is InChI=1S/C33H42BrN3O4S/c1-5-25(3)35-33(39)31(23-27-11-8-7-9-12-27)36(24-28-14-18-29(34)19-15-28)32(38)13-10-22-37(42(4,40)41)30-20-16-26(6-2)17-21-30/h7-9,11-12,14-21,25,31H,5-6,10,13,22-24H2,1-4H3,(H,35,39). The number of carbonyl (C=O) groups excluding carboxylic acids is 2. The van der Waals surface area contributed by atoms with Gasteiger partial charge in [0.15, 0.2) is 0 Å². The first-order chi connectivity index (χ1) is 20.0. The van der Waals surface area contributed by atoms with Crippen molar-refractivity contribution in [3.05, 3.63) is 100 Å². The molecule has 0 heterocycles. The summed E-state index contributed by atoms with van der Waals surface area (Å²) in [5.74, 6) is -0.402. The first-order valence-corrected chi connectivity index (χ1v) is 17.1. The Morgan fingerprint density at radius 3 is 2.07 bits per heavy atom. The molecule has 3 aromatic rings. The van der Waals surface area contributed by atoms with Crippen LogP contribution in [0.5, 0.6) is 0 Å². The smallest absolute Gasteiger partial charge is 0.243 e. The van der Waals surface area contributed by atoms with Gasteiger partial charge in [0.2, 0.25) is 21.8 Å². The summed E-state index contributed by atoms with van der Waals surface area (Å²) in [6.07, 6.45) is 3.57. The summed E-state index contributed by atoms with van der Waals surface area (Å²) in [6.45, 7) is 6.41. The van der Waals surface area contributed by atoms with Crippen molar-refractivity contribution in [1.29, 1.82) is 0 Å². The molecule has 0 bridgehead atoms. The number of aryl methyl sites for hydroxylation is 1. The number of benzene rings is 3. The van der Waals surface area contributed by atoms with Crippen LogP contribution in [0.4, 0.5) is 5.69 Å². The summed E-state index contributed by atoms with van der Waals surface area (Å²) in [5, 5.41) is 3.08. The second-order valence-corrected chi connectivity index (χ2v) is 13.5. The molecule has 2 atom stereocenters. The third kappa shape index (κ3) is 9.98. The van der Waals surface area contributed by atoms with Gasteiger partial charge in [-0.25, -0.2) is 8.42 Å². The quantitative estimate of drug-likeness (QED) is 0.214. The minimum atomic E-state index is -3.56. The summed E-state index contributed by atoms with van der Waals surface area (Å²) in [6, 6.07) is 24.1. The molecule has 9 heteroatoms. The Hall–Kier alpha value is -3.17. The molecule has 0 aliphatic rings. The number of carbonyl (C=O) groups is 2. The number of nitrogens with zero attached hydrogens (tertiary/aromatic N) is 2. The van der Waals surface area contributed by atoms with E-state index in [1.165, 1.54) is 10.6 Å². The van der Waals surface area contributed by atoms with E-state index in [1.807, 2.05) is 87.5 Å². The van der Waals surface area contributed by atoms with Gasteiger partial charge in [0.25, 0.3) is 0 Å². The van der Waals surface area contributed by atoms with Crippen molar-refractivity contribution in [1.82, 2.24) is 10.2 Å². The predicted octanol–water partition coefficient (Wildman–Crippen LogP) is 6.11. The molecule has 0 radical (unpaired) electrons. The number of rotatable bonds is 15. The average molecular weight is 657 g/mol. The molecule has 2 amide bonds. The molecule has 7 nitrogen and oxygen atoms in total. The number of nitrogens with one attached hydrogen (secondary N) is 1. The molecule has 0 aliphatic heterocycles. The van der Waals surface area contributed by atoms with Gasteiger partial charge in [-0.05, 0) is 67.1 Å². The van der Waals surface area contributed by atoms with E-state index in [-0.39, 0.29) is 37.4 Å². The maximum atomic E-state index is 13.9. The topological polar surface area (TPSA) is 86.8 Å². The minimum absolute atomic E-state index is 0.0391. The molecule has 42 heavy (non-hydrogen) atoms. The van der Waals surface area contributed by atoms with Gasteiger partial charge in [-0.1, -0.05) is 84.4 Å². The van der Waals surface area contributed by atoms with Crippen LogP contribution in [0.25, 0.3) is 0 Å². The largest absolute Gasteiger partial charge is 0.352 e. The second-order valence-electron chi connectivity index (χ2n) is 10.6. The van der Waals surface area contributed by atoms with Crippen molar-refractivity contribution in [3.63, 3.8) is 0 Å². The maximum absolute atomic E-state index is 13.9. The summed E-state index contributed by atoms with van der Waals surface area (Å²) < 4.78 is 27.6. The fourth-order valence-electron chi connectivity index (χ4n) is 4.68. The molecule has 3 rings (SSSR count). The van der Waals surface area contributed by atoms with E-state index in [2.05, 4.69) is 21.2 Å². The number of halogens is 1. The van der Waals surface area contributed by atoms with Crippen LogP contribution in [0.3, 0.4) is 0 Å². The Kier molecular flexibility index (Phi) is 12.6. The van der Waals surface area contributed by atoms with Gasteiger partial charge >= 0.3 is 0 Å². The van der Waals surface area contributed by atoms with Crippen molar-refractivity contribution in [3.8, 4) is 0 Å². The first kappa shape index (κ1) is 33.3. The van der Waals surface area contributed by atoms with Gasteiger partial charge in [0, 0.05) is 36.4 Å². The van der Waals surface area contributed by atoms with Crippen LogP contribution < -0.4 is 9.62 Å².